The van der Waals surface area contributed by atoms with Crippen molar-refractivity contribution in [2.45, 2.75) is 33.2 Å². The molecule has 1 unspecified atom stereocenters. The SMILES string of the molecule is Cc1ccnc(NCC2CCN(C(C)C)C2)c1N. The molecule has 0 spiro atoms. The van der Waals surface area contributed by atoms with E-state index in [-0.39, 0.29) is 0 Å². The Kier molecular flexibility index (Phi) is 4.07. The van der Waals surface area contributed by atoms with Crippen LogP contribution in [0.4, 0.5) is 11.5 Å². The standard InChI is InChI=1S/C14H24N4/c1-10(2)18-7-5-12(9-18)8-17-14-13(15)11(3)4-6-16-14/h4,6,10,12H,5,7-9,15H2,1-3H3,(H,16,17). The summed E-state index contributed by atoms with van der Waals surface area (Å²) >= 11 is 0. The molecule has 1 aromatic heterocycles. The van der Waals surface area contributed by atoms with Crippen molar-refractivity contribution in [3.05, 3.63) is 17.8 Å². The van der Waals surface area contributed by atoms with Crippen LogP contribution in [-0.4, -0.2) is 35.6 Å². The topological polar surface area (TPSA) is 54.2 Å². The molecule has 0 bridgehead atoms. The number of anilines is 2. The lowest BCUT2D eigenvalue weighted by molar-refractivity contribution is 0.266. The second-order valence-corrected chi connectivity index (χ2v) is 5.51. The lowest BCUT2D eigenvalue weighted by Crippen LogP contribution is -2.29. The van der Waals surface area contributed by atoms with E-state index in [9.17, 15) is 0 Å². The second-order valence-electron chi connectivity index (χ2n) is 5.51. The summed E-state index contributed by atoms with van der Waals surface area (Å²) in [7, 11) is 0. The van der Waals surface area contributed by atoms with E-state index < -0.39 is 0 Å². The lowest BCUT2D eigenvalue weighted by atomic mass is 10.1. The Morgan fingerprint density at radius 2 is 2.33 bits per heavy atom. The Morgan fingerprint density at radius 1 is 1.56 bits per heavy atom. The molecule has 1 aliphatic heterocycles. The molecule has 0 aliphatic carbocycles. The fourth-order valence-corrected chi connectivity index (χ4v) is 2.45. The van der Waals surface area contributed by atoms with Gasteiger partial charge < -0.3 is 16.0 Å². The highest BCUT2D eigenvalue weighted by Crippen LogP contribution is 2.22. The average Bonchev–Trinajstić information content (AvgIpc) is 2.80. The van der Waals surface area contributed by atoms with Gasteiger partial charge in [0.15, 0.2) is 0 Å². The van der Waals surface area contributed by atoms with Gasteiger partial charge in [-0.3, -0.25) is 0 Å². The molecule has 2 heterocycles. The number of likely N-dealkylation sites (tertiary alicyclic amines) is 1. The van der Waals surface area contributed by atoms with Crippen LogP contribution in [-0.2, 0) is 0 Å². The predicted molar refractivity (Wildman–Crippen MR) is 76.7 cm³/mol. The van der Waals surface area contributed by atoms with E-state index >= 15 is 0 Å². The molecule has 1 saturated heterocycles. The van der Waals surface area contributed by atoms with Gasteiger partial charge in [-0.05, 0) is 51.3 Å². The van der Waals surface area contributed by atoms with Crippen molar-refractivity contribution in [3.63, 3.8) is 0 Å². The van der Waals surface area contributed by atoms with Crippen LogP contribution in [0.25, 0.3) is 0 Å². The third kappa shape index (κ3) is 2.93. The number of nitrogens with zero attached hydrogens (tertiary/aromatic N) is 2. The molecule has 0 amide bonds. The van der Waals surface area contributed by atoms with Crippen molar-refractivity contribution in [2.24, 2.45) is 5.92 Å². The Hall–Kier alpha value is -1.29. The van der Waals surface area contributed by atoms with Crippen LogP contribution in [0.1, 0.15) is 25.8 Å². The third-order valence-corrected chi connectivity index (χ3v) is 3.81. The number of aromatic nitrogens is 1. The van der Waals surface area contributed by atoms with Crippen molar-refractivity contribution in [2.75, 3.05) is 30.7 Å². The van der Waals surface area contributed by atoms with E-state index in [1.54, 1.807) is 0 Å². The highest BCUT2D eigenvalue weighted by molar-refractivity contribution is 5.64. The van der Waals surface area contributed by atoms with E-state index in [4.69, 9.17) is 5.73 Å². The first-order valence-corrected chi connectivity index (χ1v) is 6.77. The van der Waals surface area contributed by atoms with Gasteiger partial charge in [0, 0.05) is 25.3 Å². The van der Waals surface area contributed by atoms with Crippen LogP contribution in [0.5, 0.6) is 0 Å². The highest BCUT2D eigenvalue weighted by Gasteiger charge is 2.24. The van der Waals surface area contributed by atoms with Crippen LogP contribution in [0, 0.1) is 12.8 Å². The van der Waals surface area contributed by atoms with Crippen molar-refractivity contribution < 1.29 is 0 Å². The summed E-state index contributed by atoms with van der Waals surface area (Å²) in [6, 6.07) is 2.59. The van der Waals surface area contributed by atoms with Gasteiger partial charge in [0.05, 0.1) is 5.69 Å². The fraction of sp³-hybridized carbons (Fsp3) is 0.643. The van der Waals surface area contributed by atoms with E-state index in [1.165, 1.54) is 19.5 Å². The Morgan fingerprint density at radius 3 is 3.00 bits per heavy atom. The molecular weight excluding hydrogens is 224 g/mol. The monoisotopic (exact) mass is 248 g/mol. The van der Waals surface area contributed by atoms with Gasteiger partial charge in [-0.2, -0.15) is 0 Å². The molecule has 0 radical (unpaired) electrons. The van der Waals surface area contributed by atoms with E-state index in [1.807, 2.05) is 19.2 Å². The van der Waals surface area contributed by atoms with Gasteiger partial charge in [-0.1, -0.05) is 0 Å². The van der Waals surface area contributed by atoms with Gasteiger partial charge in [-0.25, -0.2) is 4.98 Å². The van der Waals surface area contributed by atoms with E-state index in [0.717, 1.165) is 23.6 Å². The van der Waals surface area contributed by atoms with Gasteiger partial charge in [0.2, 0.25) is 0 Å². The number of hydrogen-bond acceptors (Lipinski definition) is 4. The number of aryl methyl sites for hydroxylation is 1. The quantitative estimate of drug-likeness (QED) is 0.857. The van der Waals surface area contributed by atoms with Crippen molar-refractivity contribution in [1.82, 2.24) is 9.88 Å². The summed E-state index contributed by atoms with van der Waals surface area (Å²) in [5.41, 5.74) is 7.87. The molecule has 1 atom stereocenters. The maximum atomic E-state index is 6.01. The first kappa shape index (κ1) is 13.1. The number of nitrogen functional groups attached to an aromatic ring is 1. The Balaban J connectivity index is 1.87. The lowest BCUT2D eigenvalue weighted by Gasteiger charge is -2.20. The smallest absolute Gasteiger partial charge is 0.149 e. The molecule has 3 N–H and O–H groups in total. The number of pyridine rings is 1. The van der Waals surface area contributed by atoms with E-state index in [2.05, 4.69) is 29.0 Å². The minimum absolute atomic E-state index is 0.650. The number of nitrogens with two attached hydrogens (primary N) is 1. The highest BCUT2D eigenvalue weighted by atomic mass is 15.2. The van der Waals surface area contributed by atoms with Gasteiger partial charge in [0.25, 0.3) is 0 Å². The Labute approximate surface area is 110 Å². The van der Waals surface area contributed by atoms with Gasteiger partial charge in [-0.15, -0.1) is 0 Å². The largest absolute Gasteiger partial charge is 0.396 e. The molecule has 18 heavy (non-hydrogen) atoms. The van der Waals surface area contributed by atoms with Crippen LogP contribution in [0.2, 0.25) is 0 Å². The van der Waals surface area contributed by atoms with Gasteiger partial charge in [0.1, 0.15) is 5.82 Å². The first-order chi connectivity index (χ1) is 8.58. The van der Waals surface area contributed by atoms with E-state index in [0.29, 0.717) is 12.0 Å². The van der Waals surface area contributed by atoms with Crippen LogP contribution in [0.3, 0.4) is 0 Å². The van der Waals surface area contributed by atoms with Crippen molar-refractivity contribution >= 4 is 11.5 Å². The zero-order chi connectivity index (χ0) is 13.1. The molecule has 4 nitrogen and oxygen atoms in total. The zero-order valence-electron chi connectivity index (χ0n) is 11.6. The molecule has 2 rings (SSSR count). The normalized spacial score (nSPS) is 20.6. The minimum Gasteiger partial charge on any atom is -0.396 e. The summed E-state index contributed by atoms with van der Waals surface area (Å²) < 4.78 is 0. The van der Waals surface area contributed by atoms with Crippen molar-refractivity contribution in [1.29, 1.82) is 0 Å². The molecule has 1 fully saturated rings. The van der Waals surface area contributed by atoms with Crippen molar-refractivity contribution in [3.8, 4) is 0 Å². The second kappa shape index (κ2) is 5.57. The van der Waals surface area contributed by atoms with Crippen LogP contribution < -0.4 is 11.1 Å². The maximum Gasteiger partial charge on any atom is 0.149 e. The summed E-state index contributed by atoms with van der Waals surface area (Å²) in [4.78, 5) is 6.83. The number of hydrogen-bond donors (Lipinski definition) is 2. The summed E-state index contributed by atoms with van der Waals surface area (Å²) in [6.45, 7) is 9.88. The number of rotatable bonds is 4. The number of nitrogens with one attached hydrogen (secondary N) is 1. The maximum absolute atomic E-state index is 6.01. The van der Waals surface area contributed by atoms with Gasteiger partial charge >= 0.3 is 0 Å². The molecule has 1 aliphatic rings. The summed E-state index contributed by atoms with van der Waals surface area (Å²) in [6.07, 6.45) is 3.07. The molecule has 4 heteroatoms. The predicted octanol–water partition coefficient (Wildman–Crippen LogP) is 2.11. The summed E-state index contributed by atoms with van der Waals surface area (Å²) in [5, 5.41) is 3.39. The zero-order valence-corrected chi connectivity index (χ0v) is 11.6. The molecule has 0 saturated carbocycles. The average molecular weight is 248 g/mol. The molecular formula is C14H24N4. The first-order valence-electron chi connectivity index (χ1n) is 6.77. The van der Waals surface area contributed by atoms with Crippen LogP contribution >= 0.6 is 0 Å². The van der Waals surface area contributed by atoms with Crippen LogP contribution in [0.15, 0.2) is 12.3 Å². The fourth-order valence-electron chi connectivity index (χ4n) is 2.45. The Bertz CT molecular complexity index is 403. The third-order valence-electron chi connectivity index (χ3n) is 3.81. The molecule has 100 valence electrons. The molecule has 1 aromatic rings. The minimum atomic E-state index is 0.650. The molecule has 0 aromatic carbocycles. The summed E-state index contributed by atoms with van der Waals surface area (Å²) in [5.74, 6) is 1.53.